The number of carbonyl (C=O) groups is 1. The maximum Gasteiger partial charge on any atom is 0.416 e. The van der Waals surface area contributed by atoms with Crippen LogP contribution in [0.4, 0.5) is 13.2 Å². The first kappa shape index (κ1) is 22.6. The highest BCUT2D eigenvalue weighted by Crippen LogP contribution is 2.43. The van der Waals surface area contributed by atoms with Crippen LogP contribution in [-0.4, -0.2) is 53.4 Å². The molecule has 2 aromatic rings. The standard InChI is InChI=1S/C23H25F3N2OS2/c24-23(25,26)20-8-2-17(3-9-20)16-27-10-12-28(13-11-27)21(29)18-4-6-19(7-5-18)22-30-14-1-15-31-22/h2-9,22H,1,10-16H2. The lowest BCUT2D eigenvalue weighted by Gasteiger charge is -2.35. The average molecular weight is 467 g/mol. The maximum atomic E-state index is 12.9. The van der Waals surface area contributed by atoms with Crippen LogP contribution < -0.4 is 0 Å². The lowest BCUT2D eigenvalue weighted by Crippen LogP contribution is -2.48. The lowest BCUT2D eigenvalue weighted by molar-refractivity contribution is -0.137. The van der Waals surface area contributed by atoms with Crippen LogP contribution in [0.15, 0.2) is 48.5 Å². The van der Waals surface area contributed by atoms with Crippen molar-refractivity contribution >= 4 is 29.4 Å². The molecule has 2 fully saturated rings. The normalized spacial score (nSPS) is 18.9. The summed E-state index contributed by atoms with van der Waals surface area (Å²) in [5, 5.41) is 0. The van der Waals surface area contributed by atoms with E-state index in [1.54, 1.807) is 0 Å². The van der Waals surface area contributed by atoms with Crippen molar-refractivity contribution < 1.29 is 18.0 Å². The summed E-state index contributed by atoms with van der Waals surface area (Å²) in [6.07, 6.45) is -3.05. The number of nitrogens with zero attached hydrogens (tertiary/aromatic N) is 2. The van der Waals surface area contributed by atoms with Crippen LogP contribution >= 0.6 is 23.5 Å². The number of hydrogen-bond donors (Lipinski definition) is 0. The SMILES string of the molecule is O=C(c1ccc(C2SCCCS2)cc1)N1CCN(Cc2ccc(C(F)(F)F)cc2)CC1. The Bertz CT molecular complexity index is 873. The van der Waals surface area contributed by atoms with Gasteiger partial charge in [0, 0.05) is 38.3 Å². The Hall–Kier alpha value is -1.64. The summed E-state index contributed by atoms with van der Waals surface area (Å²) in [7, 11) is 0. The van der Waals surface area contributed by atoms with Crippen molar-refractivity contribution in [3.05, 3.63) is 70.8 Å². The van der Waals surface area contributed by atoms with Gasteiger partial charge in [0.25, 0.3) is 5.91 Å². The van der Waals surface area contributed by atoms with Gasteiger partial charge in [-0.1, -0.05) is 24.3 Å². The van der Waals surface area contributed by atoms with Gasteiger partial charge in [-0.2, -0.15) is 13.2 Å². The van der Waals surface area contributed by atoms with Gasteiger partial charge in [0.1, 0.15) is 0 Å². The van der Waals surface area contributed by atoms with Crippen molar-refractivity contribution in [3.63, 3.8) is 0 Å². The molecule has 0 bridgehead atoms. The number of piperazine rings is 1. The minimum absolute atomic E-state index is 0.0460. The highest BCUT2D eigenvalue weighted by molar-refractivity contribution is 8.16. The van der Waals surface area contributed by atoms with Crippen molar-refractivity contribution in [2.24, 2.45) is 0 Å². The molecule has 0 atom stereocenters. The van der Waals surface area contributed by atoms with Crippen LogP contribution in [0, 0.1) is 0 Å². The molecule has 3 nitrogen and oxygen atoms in total. The average Bonchev–Trinajstić information content (AvgIpc) is 2.80. The van der Waals surface area contributed by atoms with E-state index in [0.29, 0.717) is 42.9 Å². The van der Waals surface area contributed by atoms with Crippen molar-refractivity contribution in [1.82, 2.24) is 9.80 Å². The minimum Gasteiger partial charge on any atom is -0.336 e. The van der Waals surface area contributed by atoms with E-state index in [0.717, 1.165) is 17.7 Å². The summed E-state index contributed by atoms with van der Waals surface area (Å²) in [5.74, 6) is 2.43. The molecule has 0 saturated carbocycles. The molecule has 166 valence electrons. The van der Waals surface area contributed by atoms with Gasteiger partial charge in [-0.3, -0.25) is 9.69 Å². The Morgan fingerprint density at radius 3 is 2.10 bits per heavy atom. The Balaban J connectivity index is 1.28. The smallest absolute Gasteiger partial charge is 0.336 e. The molecule has 0 unspecified atom stereocenters. The summed E-state index contributed by atoms with van der Waals surface area (Å²) >= 11 is 3.94. The molecule has 4 rings (SSSR count). The molecule has 0 aliphatic carbocycles. The summed E-state index contributed by atoms with van der Waals surface area (Å²) in [6.45, 7) is 3.25. The zero-order valence-corrected chi connectivity index (χ0v) is 18.7. The molecule has 0 N–H and O–H groups in total. The fourth-order valence-electron chi connectivity index (χ4n) is 3.81. The molecule has 2 aliphatic heterocycles. The molecule has 0 aromatic heterocycles. The van der Waals surface area contributed by atoms with Gasteiger partial charge in [-0.15, -0.1) is 23.5 Å². The van der Waals surface area contributed by atoms with Gasteiger partial charge in [0.2, 0.25) is 0 Å². The number of amides is 1. The monoisotopic (exact) mass is 466 g/mol. The van der Waals surface area contributed by atoms with Crippen LogP contribution in [0.2, 0.25) is 0 Å². The summed E-state index contributed by atoms with van der Waals surface area (Å²) in [5.41, 5.74) is 2.21. The van der Waals surface area contributed by atoms with E-state index in [2.05, 4.69) is 17.0 Å². The van der Waals surface area contributed by atoms with E-state index in [1.807, 2.05) is 40.6 Å². The zero-order valence-electron chi connectivity index (χ0n) is 17.1. The zero-order chi connectivity index (χ0) is 21.8. The third-order valence-electron chi connectivity index (χ3n) is 5.60. The van der Waals surface area contributed by atoms with Gasteiger partial charge < -0.3 is 4.90 Å². The molecule has 0 spiro atoms. The third-order valence-corrected chi connectivity index (χ3v) is 8.62. The molecule has 1 amide bonds. The van der Waals surface area contributed by atoms with E-state index in [-0.39, 0.29) is 5.91 Å². The second kappa shape index (κ2) is 9.88. The summed E-state index contributed by atoms with van der Waals surface area (Å²) < 4.78 is 38.6. The van der Waals surface area contributed by atoms with Gasteiger partial charge in [-0.25, -0.2) is 0 Å². The molecule has 0 radical (unpaired) electrons. The Morgan fingerprint density at radius 1 is 0.903 bits per heavy atom. The van der Waals surface area contributed by atoms with Gasteiger partial charge >= 0.3 is 6.18 Å². The number of halogens is 3. The summed E-state index contributed by atoms with van der Waals surface area (Å²) in [6, 6.07) is 13.3. The molecular weight excluding hydrogens is 441 g/mol. The number of rotatable bonds is 4. The fraction of sp³-hybridized carbons (Fsp3) is 0.435. The van der Waals surface area contributed by atoms with E-state index >= 15 is 0 Å². The van der Waals surface area contributed by atoms with Crippen LogP contribution in [0.1, 0.15) is 38.1 Å². The number of thioether (sulfide) groups is 2. The van der Waals surface area contributed by atoms with E-state index in [9.17, 15) is 18.0 Å². The Kier molecular flexibility index (Phi) is 7.19. The fourth-order valence-corrected chi connectivity index (χ4v) is 6.71. The van der Waals surface area contributed by atoms with Crippen molar-refractivity contribution in [3.8, 4) is 0 Å². The molecule has 2 aliphatic rings. The van der Waals surface area contributed by atoms with Crippen LogP contribution in [0.5, 0.6) is 0 Å². The van der Waals surface area contributed by atoms with Crippen LogP contribution in [-0.2, 0) is 12.7 Å². The van der Waals surface area contributed by atoms with Crippen LogP contribution in [0.3, 0.4) is 0 Å². The molecule has 2 aromatic carbocycles. The number of alkyl halides is 3. The molecular formula is C23H25F3N2OS2. The second-order valence-electron chi connectivity index (χ2n) is 7.81. The molecule has 8 heteroatoms. The minimum atomic E-state index is -4.31. The number of hydrogen-bond acceptors (Lipinski definition) is 4. The Labute approximate surface area is 189 Å². The van der Waals surface area contributed by atoms with Gasteiger partial charge in [0.15, 0.2) is 0 Å². The first-order valence-electron chi connectivity index (χ1n) is 10.4. The highest BCUT2D eigenvalue weighted by Gasteiger charge is 2.30. The summed E-state index contributed by atoms with van der Waals surface area (Å²) in [4.78, 5) is 16.9. The van der Waals surface area contributed by atoms with E-state index in [1.165, 1.54) is 35.6 Å². The predicted octanol–water partition coefficient (Wildman–Crippen LogP) is 5.53. The topological polar surface area (TPSA) is 23.6 Å². The number of benzene rings is 2. The van der Waals surface area contributed by atoms with Crippen molar-refractivity contribution in [2.75, 3.05) is 37.7 Å². The quantitative estimate of drug-likeness (QED) is 0.591. The van der Waals surface area contributed by atoms with Crippen LogP contribution in [0.25, 0.3) is 0 Å². The predicted molar refractivity (Wildman–Crippen MR) is 121 cm³/mol. The van der Waals surface area contributed by atoms with E-state index in [4.69, 9.17) is 0 Å². The first-order valence-corrected chi connectivity index (χ1v) is 12.5. The van der Waals surface area contributed by atoms with Crippen molar-refractivity contribution in [1.29, 1.82) is 0 Å². The lowest BCUT2D eigenvalue weighted by atomic mass is 10.1. The van der Waals surface area contributed by atoms with Gasteiger partial charge in [-0.05, 0) is 53.3 Å². The maximum absolute atomic E-state index is 12.9. The molecule has 2 saturated heterocycles. The Morgan fingerprint density at radius 2 is 1.52 bits per heavy atom. The first-order chi connectivity index (χ1) is 14.9. The highest BCUT2D eigenvalue weighted by atomic mass is 32.2. The second-order valence-corrected chi connectivity index (χ2v) is 10.5. The molecule has 31 heavy (non-hydrogen) atoms. The third kappa shape index (κ3) is 5.79. The van der Waals surface area contributed by atoms with Gasteiger partial charge in [0.05, 0.1) is 10.1 Å². The molecule has 2 heterocycles. The largest absolute Gasteiger partial charge is 0.416 e. The van der Waals surface area contributed by atoms with Crippen molar-refractivity contribution in [2.45, 2.75) is 23.7 Å². The number of carbonyl (C=O) groups excluding carboxylic acids is 1. The van der Waals surface area contributed by atoms with E-state index < -0.39 is 11.7 Å².